The molecule has 6 nitrogen and oxygen atoms in total. The summed E-state index contributed by atoms with van der Waals surface area (Å²) in [5, 5.41) is 19.9. The Balaban J connectivity index is 2.31. The van der Waals surface area contributed by atoms with Crippen molar-refractivity contribution in [2.24, 2.45) is 0 Å². The Kier molecular flexibility index (Phi) is 3.49. The zero-order chi connectivity index (χ0) is 13.3. The summed E-state index contributed by atoms with van der Waals surface area (Å²) < 4.78 is 0. The molecule has 1 saturated heterocycles. The molecular formula is C11H11ClN2O4. The van der Waals surface area contributed by atoms with E-state index >= 15 is 0 Å². The van der Waals surface area contributed by atoms with E-state index in [1.54, 1.807) is 0 Å². The van der Waals surface area contributed by atoms with E-state index in [2.05, 4.69) is 0 Å². The number of aliphatic hydroxyl groups excluding tert-OH is 1. The fourth-order valence-corrected chi connectivity index (χ4v) is 2.20. The molecule has 1 atom stereocenters. The maximum Gasteiger partial charge on any atom is 0.288 e. The van der Waals surface area contributed by atoms with Crippen molar-refractivity contribution in [3.8, 4) is 0 Å². The second kappa shape index (κ2) is 4.91. The van der Waals surface area contributed by atoms with Crippen molar-refractivity contribution < 1.29 is 14.8 Å². The number of nitrogens with zero attached hydrogens (tertiary/aromatic N) is 2. The minimum atomic E-state index is -0.627. The topological polar surface area (TPSA) is 83.7 Å². The largest absolute Gasteiger partial charge is 0.391 e. The Morgan fingerprint density at radius 3 is 2.83 bits per heavy atom. The number of benzene rings is 1. The van der Waals surface area contributed by atoms with E-state index in [1.165, 1.54) is 23.1 Å². The molecule has 2 rings (SSSR count). The van der Waals surface area contributed by atoms with Crippen LogP contribution in [0.2, 0.25) is 5.02 Å². The predicted molar refractivity (Wildman–Crippen MR) is 64.6 cm³/mol. The highest BCUT2D eigenvalue weighted by Gasteiger charge is 2.28. The van der Waals surface area contributed by atoms with Crippen LogP contribution in [-0.2, 0) is 0 Å². The highest BCUT2D eigenvalue weighted by Crippen LogP contribution is 2.29. The van der Waals surface area contributed by atoms with Crippen molar-refractivity contribution in [1.82, 2.24) is 4.90 Å². The van der Waals surface area contributed by atoms with E-state index in [9.17, 15) is 20.0 Å². The monoisotopic (exact) mass is 270 g/mol. The van der Waals surface area contributed by atoms with Gasteiger partial charge in [0.25, 0.3) is 11.6 Å². The van der Waals surface area contributed by atoms with Gasteiger partial charge in [0.15, 0.2) is 0 Å². The molecule has 0 bridgehead atoms. The lowest BCUT2D eigenvalue weighted by Gasteiger charge is -2.16. The summed E-state index contributed by atoms with van der Waals surface area (Å²) in [6.45, 7) is 0.664. The number of hydrogen-bond acceptors (Lipinski definition) is 4. The Hall–Kier alpha value is -1.66. The molecule has 1 N–H and O–H groups in total. The molecule has 0 radical (unpaired) electrons. The highest BCUT2D eigenvalue weighted by molar-refractivity contribution is 6.35. The lowest BCUT2D eigenvalue weighted by atomic mass is 10.1. The van der Waals surface area contributed by atoms with Gasteiger partial charge in [0.1, 0.15) is 5.02 Å². The van der Waals surface area contributed by atoms with Gasteiger partial charge in [-0.3, -0.25) is 14.9 Å². The fraction of sp³-hybridized carbons (Fsp3) is 0.364. The molecular weight excluding hydrogens is 260 g/mol. The molecule has 1 amide bonds. The van der Waals surface area contributed by atoms with Crippen molar-refractivity contribution >= 4 is 23.2 Å². The summed E-state index contributed by atoms with van der Waals surface area (Å²) in [4.78, 5) is 23.6. The predicted octanol–water partition coefficient (Wildman–Crippen LogP) is 1.45. The molecule has 0 saturated carbocycles. The number of carbonyl (C=O) groups excluding carboxylic acids is 1. The third-order valence-corrected chi connectivity index (χ3v) is 3.25. The molecule has 0 aromatic heterocycles. The summed E-state index contributed by atoms with van der Waals surface area (Å²) in [5.41, 5.74) is -0.192. The van der Waals surface area contributed by atoms with Gasteiger partial charge < -0.3 is 10.0 Å². The average molecular weight is 271 g/mol. The second-order valence-corrected chi connectivity index (χ2v) is 4.47. The van der Waals surface area contributed by atoms with E-state index in [0.717, 1.165) is 0 Å². The summed E-state index contributed by atoms with van der Waals surface area (Å²) in [7, 11) is 0. The smallest absolute Gasteiger partial charge is 0.288 e. The van der Waals surface area contributed by atoms with Crippen LogP contribution in [0.4, 0.5) is 5.69 Å². The summed E-state index contributed by atoms with van der Waals surface area (Å²) >= 11 is 5.86. The quantitative estimate of drug-likeness (QED) is 0.651. The molecule has 1 unspecified atom stereocenters. The van der Waals surface area contributed by atoms with Gasteiger partial charge in [-0.15, -0.1) is 0 Å². The number of nitro benzene ring substituents is 1. The molecule has 1 aliphatic heterocycles. The Bertz CT molecular complexity index is 506. The molecule has 7 heteroatoms. The number of β-amino-alcohol motifs (C(OH)–C–C–N with tert-alkyl or cyclic N) is 1. The number of rotatable bonds is 2. The zero-order valence-corrected chi connectivity index (χ0v) is 10.1. The fourth-order valence-electron chi connectivity index (χ4n) is 1.92. The van der Waals surface area contributed by atoms with Crippen LogP contribution < -0.4 is 0 Å². The number of amides is 1. The van der Waals surface area contributed by atoms with Crippen LogP contribution >= 0.6 is 11.6 Å². The zero-order valence-electron chi connectivity index (χ0n) is 9.38. The molecule has 1 fully saturated rings. The molecule has 1 aliphatic rings. The van der Waals surface area contributed by atoms with Crippen molar-refractivity contribution in [3.05, 3.63) is 38.9 Å². The number of aliphatic hydroxyl groups is 1. The van der Waals surface area contributed by atoms with E-state index in [4.69, 9.17) is 11.6 Å². The molecule has 18 heavy (non-hydrogen) atoms. The number of halogens is 1. The van der Waals surface area contributed by atoms with Crippen LogP contribution in [0, 0.1) is 10.1 Å². The number of hydrogen-bond donors (Lipinski definition) is 1. The summed E-state index contributed by atoms with van der Waals surface area (Å²) in [6, 6.07) is 4.12. The molecule has 1 heterocycles. The average Bonchev–Trinajstić information content (AvgIpc) is 2.75. The summed E-state index contributed by atoms with van der Waals surface area (Å²) in [5.74, 6) is -0.389. The van der Waals surface area contributed by atoms with Gasteiger partial charge in [0.05, 0.1) is 16.6 Å². The van der Waals surface area contributed by atoms with E-state index in [1.807, 2.05) is 0 Å². The first-order valence-electron chi connectivity index (χ1n) is 5.41. The van der Waals surface area contributed by atoms with Crippen LogP contribution in [-0.4, -0.2) is 40.0 Å². The minimum absolute atomic E-state index is 0.0972. The molecule has 96 valence electrons. The maximum atomic E-state index is 12.1. The van der Waals surface area contributed by atoms with Crippen molar-refractivity contribution in [2.45, 2.75) is 12.5 Å². The standard InChI is InChI=1S/C11H11ClN2O4/c12-10-8(2-1-3-9(10)14(17)18)11(16)13-5-4-7(15)6-13/h1-3,7,15H,4-6H2. The summed E-state index contributed by atoms with van der Waals surface area (Å²) in [6.07, 6.45) is -0.0235. The lowest BCUT2D eigenvalue weighted by Crippen LogP contribution is -2.29. The molecule has 0 spiro atoms. The third kappa shape index (κ3) is 2.30. The van der Waals surface area contributed by atoms with Gasteiger partial charge in [0.2, 0.25) is 0 Å². The SMILES string of the molecule is O=C(c1cccc([N+](=O)[O-])c1Cl)N1CCC(O)C1. The van der Waals surface area contributed by atoms with E-state index in [0.29, 0.717) is 13.0 Å². The van der Waals surface area contributed by atoms with Gasteiger partial charge in [-0.25, -0.2) is 0 Å². The Morgan fingerprint density at radius 2 is 2.28 bits per heavy atom. The lowest BCUT2D eigenvalue weighted by molar-refractivity contribution is -0.384. The van der Waals surface area contributed by atoms with Crippen LogP contribution in [0.25, 0.3) is 0 Å². The van der Waals surface area contributed by atoms with Crippen molar-refractivity contribution in [2.75, 3.05) is 13.1 Å². The van der Waals surface area contributed by atoms with E-state index < -0.39 is 11.0 Å². The number of likely N-dealkylation sites (tertiary alicyclic amines) is 1. The first-order valence-corrected chi connectivity index (χ1v) is 5.78. The van der Waals surface area contributed by atoms with E-state index in [-0.39, 0.29) is 28.7 Å². The van der Waals surface area contributed by atoms with Crippen molar-refractivity contribution in [1.29, 1.82) is 0 Å². The van der Waals surface area contributed by atoms with Gasteiger partial charge in [-0.2, -0.15) is 0 Å². The normalized spacial score (nSPS) is 19.0. The number of nitro groups is 1. The number of carbonyl (C=O) groups is 1. The molecule has 1 aromatic carbocycles. The molecule has 0 aliphatic carbocycles. The third-order valence-electron chi connectivity index (χ3n) is 2.86. The Morgan fingerprint density at radius 1 is 1.56 bits per heavy atom. The minimum Gasteiger partial charge on any atom is -0.391 e. The first-order chi connectivity index (χ1) is 8.50. The Labute approximate surface area is 108 Å². The van der Waals surface area contributed by atoms with Crippen molar-refractivity contribution in [3.63, 3.8) is 0 Å². The first kappa shape index (κ1) is 12.8. The van der Waals surface area contributed by atoms with Crippen LogP contribution in [0.5, 0.6) is 0 Å². The molecule has 1 aromatic rings. The van der Waals surface area contributed by atoms with Crippen LogP contribution in [0.1, 0.15) is 16.8 Å². The maximum absolute atomic E-state index is 12.1. The van der Waals surface area contributed by atoms with Crippen LogP contribution in [0.3, 0.4) is 0 Å². The van der Waals surface area contributed by atoms with Gasteiger partial charge >= 0.3 is 0 Å². The van der Waals surface area contributed by atoms with Gasteiger partial charge in [-0.1, -0.05) is 17.7 Å². The van der Waals surface area contributed by atoms with Gasteiger partial charge in [-0.05, 0) is 12.5 Å². The second-order valence-electron chi connectivity index (χ2n) is 4.09. The van der Waals surface area contributed by atoms with Gasteiger partial charge in [0, 0.05) is 19.2 Å². The van der Waals surface area contributed by atoms with Crippen LogP contribution in [0.15, 0.2) is 18.2 Å². The highest BCUT2D eigenvalue weighted by atomic mass is 35.5.